The Bertz CT molecular complexity index is 816. The third kappa shape index (κ3) is 7.60. The van der Waals surface area contributed by atoms with Gasteiger partial charge in [0.1, 0.15) is 0 Å². The van der Waals surface area contributed by atoms with E-state index in [1.54, 1.807) is 24.3 Å². The van der Waals surface area contributed by atoms with Crippen LogP contribution in [0.1, 0.15) is 39.5 Å². The number of benzene rings is 2. The molecule has 0 aliphatic carbocycles. The first kappa shape index (κ1) is 21.8. The molecule has 0 fully saturated rings. The maximum Gasteiger partial charge on any atom is 0.345 e. The standard InChI is InChI=1S/C21H30N4O2S/c1-3-5-17-25(18-6-4-2)21(22-19-13-9-7-10-14-19)24-28(26,27)23-20-15-11-8-12-16-20/h7-16,23H,3-6,17-18H2,1-2H3,(H,22,24). The zero-order chi connectivity index (χ0) is 20.2. The number of guanidine groups is 1. The Labute approximate surface area is 168 Å². The summed E-state index contributed by atoms with van der Waals surface area (Å²) in [5, 5.41) is 3.20. The van der Waals surface area contributed by atoms with Crippen LogP contribution in [0.15, 0.2) is 65.1 Å². The Morgan fingerprint density at radius 2 is 1.36 bits per heavy atom. The maximum absolute atomic E-state index is 12.7. The van der Waals surface area contributed by atoms with Crippen molar-refractivity contribution in [3.8, 4) is 0 Å². The summed E-state index contributed by atoms with van der Waals surface area (Å²) in [6.45, 7) is 5.73. The van der Waals surface area contributed by atoms with E-state index in [0.717, 1.165) is 44.5 Å². The van der Waals surface area contributed by atoms with Crippen molar-refractivity contribution in [1.82, 2.24) is 4.90 Å². The number of unbranched alkanes of at least 4 members (excludes halogenated alkanes) is 2. The van der Waals surface area contributed by atoms with Crippen LogP contribution < -0.4 is 10.0 Å². The minimum absolute atomic E-state index is 0.344. The lowest BCUT2D eigenvalue weighted by atomic mass is 10.2. The summed E-state index contributed by atoms with van der Waals surface area (Å²) >= 11 is 0. The van der Waals surface area contributed by atoms with Gasteiger partial charge in [-0.25, -0.2) is 0 Å². The van der Waals surface area contributed by atoms with Gasteiger partial charge in [-0.3, -0.25) is 4.72 Å². The molecule has 0 aliphatic heterocycles. The van der Waals surface area contributed by atoms with Gasteiger partial charge in [0.05, 0.1) is 5.69 Å². The number of nitrogens with one attached hydrogen (secondary N) is 2. The third-order valence-electron chi connectivity index (χ3n) is 4.12. The van der Waals surface area contributed by atoms with Crippen molar-refractivity contribution in [2.24, 2.45) is 4.40 Å². The van der Waals surface area contributed by atoms with Gasteiger partial charge >= 0.3 is 10.2 Å². The van der Waals surface area contributed by atoms with Crippen LogP contribution in [0.5, 0.6) is 0 Å². The van der Waals surface area contributed by atoms with Crippen LogP contribution in [-0.4, -0.2) is 32.4 Å². The fraction of sp³-hybridized carbons (Fsp3) is 0.381. The Balaban J connectivity index is 2.32. The lowest BCUT2D eigenvalue weighted by molar-refractivity contribution is 0.398. The van der Waals surface area contributed by atoms with Crippen LogP contribution in [0.3, 0.4) is 0 Å². The van der Waals surface area contributed by atoms with E-state index in [9.17, 15) is 8.42 Å². The van der Waals surface area contributed by atoms with Crippen LogP contribution in [-0.2, 0) is 10.2 Å². The summed E-state index contributed by atoms with van der Waals surface area (Å²) in [5.74, 6) is 0.344. The van der Waals surface area contributed by atoms with Crippen LogP contribution in [0.4, 0.5) is 11.4 Å². The Morgan fingerprint density at radius 3 is 1.86 bits per heavy atom. The first-order chi connectivity index (χ1) is 13.5. The fourth-order valence-corrected chi connectivity index (χ4v) is 3.49. The summed E-state index contributed by atoms with van der Waals surface area (Å²) in [6, 6.07) is 18.3. The molecule has 2 rings (SSSR count). The van der Waals surface area contributed by atoms with Crippen molar-refractivity contribution in [1.29, 1.82) is 0 Å². The molecule has 0 heterocycles. The van der Waals surface area contributed by atoms with Crippen LogP contribution in [0, 0.1) is 0 Å². The summed E-state index contributed by atoms with van der Waals surface area (Å²) in [5.41, 5.74) is 1.29. The zero-order valence-corrected chi connectivity index (χ0v) is 17.5. The average Bonchev–Trinajstić information content (AvgIpc) is 2.68. The highest BCUT2D eigenvalue weighted by atomic mass is 32.2. The second-order valence-corrected chi connectivity index (χ2v) is 7.88. The molecule has 0 aliphatic rings. The number of hydrogen-bond donors (Lipinski definition) is 2. The number of para-hydroxylation sites is 2. The summed E-state index contributed by atoms with van der Waals surface area (Å²) in [4.78, 5) is 2.02. The lowest BCUT2D eigenvalue weighted by Gasteiger charge is -2.26. The highest BCUT2D eigenvalue weighted by Gasteiger charge is 2.17. The summed E-state index contributed by atoms with van der Waals surface area (Å²) in [7, 11) is -3.92. The van der Waals surface area contributed by atoms with Crippen molar-refractivity contribution < 1.29 is 8.42 Å². The third-order valence-corrected chi connectivity index (χ3v) is 5.03. The molecule has 0 spiro atoms. The van der Waals surface area contributed by atoms with E-state index < -0.39 is 10.2 Å². The SMILES string of the molecule is CCCCN(CCCC)/C(=N\S(=O)(=O)Nc1ccccc1)Nc1ccccc1. The van der Waals surface area contributed by atoms with E-state index in [4.69, 9.17) is 0 Å². The molecule has 0 atom stereocenters. The molecule has 2 aromatic rings. The number of anilines is 2. The molecule has 152 valence electrons. The molecular weight excluding hydrogens is 372 g/mol. The van der Waals surface area contributed by atoms with Gasteiger partial charge < -0.3 is 10.2 Å². The first-order valence-corrected chi connectivity index (χ1v) is 11.2. The van der Waals surface area contributed by atoms with Gasteiger partial charge in [-0.05, 0) is 37.1 Å². The van der Waals surface area contributed by atoms with E-state index in [2.05, 4.69) is 28.3 Å². The maximum atomic E-state index is 12.7. The summed E-state index contributed by atoms with van der Waals surface area (Å²) < 4.78 is 32.0. The summed E-state index contributed by atoms with van der Waals surface area (Å²) in [6.07, 6.45) is 3.98. The van der Waals surface area contributed by atoms with Gasteiger partial charge in [-0.2, -0.15) is 8.42 Å². The highest BCUT2D eigenvalue weighted by molar-refractivity contribution is 7.91. The zero-order valence-electron chi connectivity index (χ0n) is 16.6. The van der Waals surface area contributed by atoms with E-state index in [0.29, 0.717) is 11.6 Å². The molecule has 0 saturated carbocycles. The first-order valence-electron chi connectivity index (χ1n) is 9.79. The molecule has 2 N–H and O–H groups in total. The number of nitrogens with zero attached hydrogens (tertiary/aromatic N) is 2. The predicted molar refractivity (Wildman–Crippen MR) is 118 cm³/mol. The highest BCUT2D eigenvalue weighted by Crippen LogP contribution is 2.12. The van der Waals surface area contributed by atoms with Gasteiger partial charge in [-0.15, -0.1) is 4.40 Å². The lowest BCUT2D eigenvalue weighted by Crippen LogP contribution is -2.39. The van der Waals surface area contributed by atoms with Crippen molar-refractivity contribution in [2.45, 2.75) is 39.5 Å². The molecule has 28 heavy (non-hydrogen) atoms. The van der Waals surface area contributed by atoms with E-state index >= 15 is 0 Å². The van der Waals surface area contributed by atoms with Crippen molar-refractivity contribution >= 4 is 27.5 Å². The minimum atomic E-state index is -3.92. The Hall–Kier alpha value is -2.54. The largest absolute Gasteiger partial charge is 0.345 e. The molecule has 0 aromatic heterocycles. The predicted octanol–water partition coefficient (Wildman–Crippen LogP) is 4.71. The van der Waals surface area contributed by atoms with E-state index in [1.165, 1.54) is 0 Å². The van der Waals surface area contributed by atoms with E-state index in [1.807, 2.05) is 41.3 Å². The minimum Gasteiger partial charge on any atom is -0.342 e. The molecule has 6 nitrogen and oxygen atoms in total. The molecular formula is C21H30N4O2S. The van der Waals surface area contributed by atoms with E-state index in [-0.39, 0.29) is 0 Å². The van der Waals surface area contributed by atoms with Crippen molar-refractivity contribution in [3.63, 3.8) is 0 Å². The van der Waals surface area contributed by atoms with Crippen LogP contribution >= 0.6 is 0 Å². The second kappa shape index (κ2) is 11.3. The van der Waals surface area contributed by atoms with Crippen LogP contribution in [0.2, 0.25) is 0 Å². The van der Waals surface area contributed by atoms with Gasteiger partial charge in [0, 0.05) is 18.8 Å². The van der Waals surface area contributed by atoms with Crippen LogP contribution in [0.25, 0.3) is 0 Å². The number of hydrogen-bond acceptors (Lipinski definition) is 2. The normalized spacial score (nSPS) is 11.9. The fourth-order valence-electron chi connectivity index (χ4n) is 2.62. The molecule has 0 radical (unpaired) electrons. The monoisotopic (exact) mass is 402 g/mol. The molecule has 0 bridgehead atoms. The topological polar surface area (TPSA) is 73.8 Å². The van der Waals surface area contributed by atoms with Gasteiger partial charge in [0.15, 0.2) is 0 Å². The molecule has 0 amide bonds. The Morgan fingerprint density at radius 1 is 0.857 bits per heavy atom. The molecule has 7 heteroatoms. The van der Waals surface area contributed by atoms with Gasteiger partial charge in [-0.1, -0.05) is 63.1 Å². The molecule has 2 aromatic carbocycles. The quantitative estimate of drug-likeness (QED) is 0.446. The number of rotatable bonds is 10. The molecule has 0 saturated heterocycles. The van der Waals surface area contributed by atoms with Gasteiger partial charge in [0.2, 0.25) is 5.96 Å². The second-order valence-electron chi connectivity index (χ2n) is 6.54. The van der Waals surface area contributed by atoms with Crippen molar-refractivity contribution in [2.75, 3.05) is 23.1 Å². The van der Waals surface area contributed by atoms with Gasteiger partial charge in [0.25, 0.3) is 0 Å². The smallest absolute Gasteiger partial charge is 0.342 e. The van der Waals surface area contributed by atoms with Crippen molar-refractivity contribution in [3.05, 3.63) is 60.7 Å². The molecule has 0 unspecified atom stereocenters. The Kier molecular flexibility index (Phi) is 8.81. The average molecular weight is 403 g/mol.